The summed E-state index contributed by atoms with van der Waals surface area (Å²) in [6.45, 7) is 5.60. The molecule has 49 heavy (non-hydrogen) atoms. The predicted molar refractivity (Wildman–Crippen MR) is 181 cm³/mol. The van der Waals surface area contributed by atoms with Crippen molar-refractivity contribution >= 4 is 35.3 Å². The van der Waals surface area contributed by atoms with Crippen LogP contribution >= 0.6 is 0 Å². The Hall–Kier alpha value is -3.90. The van der Waals surface area contributed by atoms with E-state index in [1.54, 1.807) is 4.90 Å². The third-order valence-corrected chi connectivity index (χ3v) is 10.7. The van der Waals surface area contributed by atoms with Crippen molar-refractivity contribution in [1.29, 1.82) is 0 Å². The first-order valence-corrected chi connectivity index (χ1v) is 18.4. The van der Waals surface area contributed by atoms with Crippen LogP contribution in [0, 0.1) is 17.8 Å². The quantitative estimate of drug-likeness (QED) is 0.217. The number of nitrogens with zero attached hydrogens (tertiary/aromatic N) is 3. The highest BCUT2D eigenvalue weighted by Crippen LogP contribution is 2.40. The monoisotopic (exact) mass is 679 g/mol. The molecular weight excluding hydrogens is 626 g/mol. The average Bonchev–Trinajstić information content (AvgIpc) is 3.84. The molecule has 4 aliphatic rings. The van der Waals surface area contributed by atoms with Crippen LogP contribution < -0.4 is 21.3 Å². The number of fused-ring (bicyclic) bond motifs is 1. The number of likely N-dealkylation sites (tertiary alicyclic amines) is 1. The fraction of sp³-hybridized carbons (Fsp3) is 0.722. The van der Waals surface area contributed by atoms with E-state index in [1.165, 1.54) is 18.6 Å². The number of amides is 5. The molecule has 0 spiro atoms. The highest BCUT2D eigenvalue weighted by Gasteiger charge is 2.50. The minimum atomic E-state index is -0.981. The maximum atomic E-state index is 14.6. The number of ketones is 1. The summed E-state index contributed by atoms with van der Waals surface area (Å²) in [6.07, 6.45) is 15.3. The molecule has 3 saturated carbocycles. The Bertz CT molecular complexity index is 1360. The van der Waals surface area contributed by atoms with Gasteiger partial charge >= 0.3 is 0 Å². The van der Waals surface area contributed by atoms with E-state index in [9.17, 15) is 28.8 Å². The van der Waals surface area contributed by atoms with Crippen LogP contribution in [0.1, 0.15) is 121 Å². The number of hydrogen-bond donors (Lipinski definition) is 4. The Kier molecular flexibility index (Phi) is 12.4. The van der Waals surface area contributed by atoms with Crippen LogP contribution in [-0.2, 0) is 24.0 Å². The molecule has 4 unspecified atom stereocenters. The maximum Gasteiger partial charge on any atom is 0.289 e. The normalized spacial score (nSPS) is 24.2. The topological polar surface area (TPSA) is 180 Å². The molecule has 1 aliphatic heterocycles. The summed E-state index contributed by atoms with van der Waals surface area (Å²) in [5.74, 6) is -3.38. The van der Waals surface area contributed by atoms with Crippen LogP contribution in [0.4, 0.5) is 0 Å². The van der Waals surface area contributed by atoms with Crippen molar-refractivity contribution in [3.63, 3.8) is 0 Å². The van der Waals surface area contributed by atoms with E-state index in [1.807, 2.05) is 20.8 Å². The van der Waals surface area contributed by atoms with E-state index in [0.29, 0.717) is 19.3 Å². The molecule has 1 aromatic rings. The van der Waals surface area contributed by atoms with Gasteiger partial charge in [0.1, 0.15) is 23.8 Å². The average molecular weight is 680 g/mol. The lowest BCUT2D eigenvalue weighted by molar-refractivity contribution is -0.146. The van der Waals surface area contributed by atoms with Crippen molar-refractivity contribution in [3.05, 3.63) is 24.3 Å². The van der Waals surface area contributed by atoms with Gasteiger partial charge in [0.25, 0.3) is 11.8 Å². The van der Waals surface area contributed by atoms with Crippen molar-refractivity contribution in [3.8, 4) is 0 Å². The van der Waals surface area contributed by atoms with Gasteiger partial charge in [-0.25, -0.2) is 4.98 Å². The molecule has 1 aromatic heterocycles. The van der Waals surface area contributed by atoms with Crippen LogP contribution in [0.15, 0.2) is 18.6 Å². The number of carbonyl (C=O) groups is 6. The molecule has 4 N–H and O–H groups in total. The van der Waals surface area contributed by atoms with E-state index in [2.05, 4.69) is 31.2 Å². The molecule has 5 rings (SSSR count). The lowest BCUT2D eigenvalue weighted by Crippen LogP contribution is -2.61. The first-order chi connectivity index (χ1) is 23.6. The number of aromatic nitrogens is 2. The zero-order valence-electron chi connectivity index (χ0n) is 29.1. The molecular formula is C36H53N7O6. The number of carbonyl (C=O) groups excluding carboxylic acids is 6. The summed E-state index contributed by atoms with van der Waals surface area (Å²) in [6, 6.07) is -3.78. The summed E-state index contributed by atoms with van der Waals surface area (Å²) in [5, 5.41) is 11.5. The molecule has 13 nitrogen and oxygen atoms in total. The SMILES string of the molecule is CCCC(NC(=O)[C@@H]1CC2CCCCC2N1C(=O)[C@@H](NC(=O)C(NC(=O)c1cnccn1)C1CCCCC1)C(C)C)C(=O)C(=O)NC1CC1. The largest absolute Gasteiger partial charge is 0.347 e. The number of nitrogens with one attached hydrogen (secondary N) is 4. The highest BCUT2D eigenvalue weighted by molar-refractivity contribution is 6.38. The third-order valence-electron chi connectivity index (χ3n) is 10.7. The van der Waals surface area contributed by atoms with Gasteiger partial charge in [0.2, 0.25) is 23.5 Å². The Morgan fingerprint density at radius 3 is 2.24 bits per heavy atom. The standard InChI is InChI=1S/C36H53N7O6/c1-4-10-25(31(44)35(48)39-24-15-16-24)40-33(46)28-19-23-13-8-9-14-27(23)43(28)36(49)29(21(2)3)41-34(47)30(22-11-6-5-7-12-22)42-32(45)26-20-37-17-18-38-26/h17-18,20-25,27-30H,4-16,19H2,1-3H3,(H,39,48)(H,40,46)(H,41,47)(H,42,45)/t23?,25?,27?,28-,29-,30?/m0/s1. The smallest absolute Gasteiger partial charge is 0.289 e. The highest BCUT2D eigenvalue weighted by atomic mass is 16.2. The molecule has 6 atom stereocenters. The Labute approximate surface area is 288 Å². The number of rotatable bonds is 14. The zero-order valence-corrected chi connectivity index (χ0v) is 29.1. The molecule has 13 heteroatoms. The van der Waals surface area contributed by atoms with Crippen LogP contribution in [0.25, 0.3) is 0 Å². The number of hydrogen-bond acceptors (Lipinski definition) is 8. The summed E-state index contributed by atoms with van der Waals surface area (Å²) in [4.78, 5) is 91.3. The summed E-state index contributed by atoms with van der Waals surface area (Å²) >= 11 is 0. The van der Waals surface area contributed by atoms with Gasteiger partial charge in [-0.15, -0.1) is 0 Å². The summed E-state index contributed by atoms with van der Waals surface area (Å²) in [5.41, 5.74) is 0.103. The van der Waals surface area contributed by atoms with Gasteiger partial charge in [-0.05, 0) is 69.1 Å². The molecule has 0 radical (unpaired) electrons. The molecule has 0 bridgehead atoms. The molecule has 3 aliphatic carbocycles. The molecule has 5 amide bonds. The molecule has 1 saturated heterocycles. The van der Waals surface area contributed by atoms with Crippen LogP contribution in [0.5, 0.6) is 0 Å². The molecule has 4 fully saturated rings. The minimum absolute atomic E-state index is 0.0155. The van der Waals surface area contributed by atoms with Crippen LogP contribution in [-0.4, -0.2) is 86.4 Å². The van der Waals surface area contributed by atoms with E-state index < -0.39 is 53.6 Å². The second-order valence-electron chi connectivity index (χ2n) is 14.7. The zero-order chi connectivity index (χ0) is 35.1. The molecule has 0 aromatic carbocycles. The Morgan fingerprint density at radius 2 is 1.59 bits per heavy atom. The van der Waals surface area contributed by atoms with Crippen molar-refractivity contribution in [2.24, 2.45) is 17.8 Å². The van der Waals surface area contributed by atoms with Crippen molar-refractivity contribution < 1.29 is 28.8 Å². The fourth-order valence-electron chi connectivity index (χ4n) is 7.89. The van der Waals surface area contributed by atoms with Crippen molar-refractivity contribution in [2.75, 3.05) is 0 Å². The lowest BCUT2D eigenvalue weighted by atomic mass is 9.83. The lowest BCUT2D eigenvalue weighted by Gasteiger charge is -2.38. The second kappa shape index (κ2) is 16.7. The van der Waals surface area contributed by atoms with Gasteiger partial charge in [-0.1, -0.05) is 59.3 Å². The van der Waals surface area contributed by atoms with Crippen LogP contribution in [0.2, 0.25) is 0 Å². The summed E-state index contributed by atoms with van der Waals surface area (Å²) in [7, 11) is 0. The Morgan fingerprint density at radius 1 is 0.878 bits per heavy atom. The molecule has 268 valence electrons. The van der Waals surface area contributed by atoms with E-state index in [4.69, 9.17) is 0 Å². The van der Waals surface area contributed by atoms with Gasteiger partial charge in [0.05, 0.1) is 12.2 Å². The van der Waals surface area contributed by atoms with Gasteiger partial charge < -0.3 is 26.2 Å². The van der Waals surface area contributed by atoms with Gasteiger partial charge in [-0.2, -0.15) is 0 Å². The van der Waals surface area contributed by atoms with Crippen molar-refractivity contribution in [1.82, 2.24) is 36.1 Å². The number of Topliss-reactive ketones (excluding diaryl/α,β-unsaturated/α-hetero) is 1. The first-order valence-electron chi connectivity index (χ1n) is 18.4. The van der Waals surface area contributed by atoms with Crippen molar-refractivity contribution in [2.45, 2.75) is 147 Å². The maximum absolute atomic E-state index is 14.6. The van der Waals surface area contributed by atoms with E-state index >= 15 is 0 Å². The van der Waals surface area contributed by atoms with E-state index in [-0.39, 0.29) is 41.4 Å². The third kappa shape index (κ3) is 9.02. The van der Waals surface area contributed by atoms with E-state index in [0.717, 1.165) is 70.6 Å². The van der Waals surface area contributed by atoms with Gasteiger partial charge in [0.15, 0.2) is 0 Å². The van der Waals surface area contributed by atoms with Gasteiger partial charge in [-0.3, -0.25) is 33.8 Å². The second-order valence-corrected chi connectivity index (χ2v) is 14.7. The van der Waals surface area contributed by atoms with Crippen LogP contribution in [0.3, 0.4) is 0 Å². The predicted octanol–water partition coefficient (Wildman–Crippen LogP) is 2.59. The molecule has 2 heterocycles. The first kappa shape index (κ1) is 36.4. The minimum Gasteiger partial charge on any atom is -0.347 e. The fourth-order valence-corrected chi connectivity index (χ4v) is 7.89. The summed E-state index contributed by atoms with van der Waals surface area (Å²) < 4.78 is 0. The van der Waals surface area contributed by atoms with Gasteiger partial charge in [0, 0.05) is 24.5 Å². The Balaban J connectivity index is 1.35.